The van der Waals surface area contributed by atoms with Gasteiger partial charge in [0.25, 0.3) is 0 Å². The van der Waals surface area contributed by atoms with Crippen LogP contribution in [0.25, 0.3) is 0 Å². The number of morpholine rings is 1. The Hall–Kier alpha value is -1.40. The standard InChI is InChI=1S/C17H25NO4S/c1-11-6-7-12(2)16(8-11)23(20,21)15(5)17(19)18-9-13(3)22-14(4)10-18/h6-8,13-15H,9-10H2,1-5H3. The molecule has 2 rings (SSSR count). The van der Waals surface area contributed by atoms with Gasteiger partial charge in [0.15, 0.2) is 9.84 Å². The molecular formula is C17H25NO4S. The molecule has 3 atom stereocenters. The zero-order valence-corrected chi connectivity index (χ0v) is 15.2. The molecule has 0 aromatic heterocycles. The summed E-state index contributed by atoms with van der Waals surface area (Å²) in [5, 5.41) is -1.10. The lowest BCUT2D eigenvalue weighted by molar-refractivity contribution is -0.142. The molecule has 6 heteroatoms. The number of benzene rings is 1. The summed E-state index contributed by atoms with van der Waals surface area (Å²) in [6.45, 7) is 9.70. The fourth-order valence-electron chi connectivity index (χ4n) is 2.95. The third kappa shape index (κ3) is 3.75. The summed E-state index contributed by atoms with van der Waals surface area (Å²) < 4.78 is 31.4. The van der Waals surface area contributed by atoms with E-state index in [2.05, 4.69) is 0 Å². The molecular weight excluding hydrogens is 314 g/mol. The smallest absolute Gasteiger partial charge is 0.241 e. The molecule has 1 aliphatic heterocycles. The second-order valence-electron chi connectivity index (χ2n) is 6.46. The van der Waals surface area contributed by atoms with Gasteiger partial charge in [-0.05, 0) is 51.8 Å². The maximum absolute atomic E-state index is 12.9. The number of hydrogen-bond acceptors (Lipinski definition) is 4. The Morgan fingerprint density at radius 2 is 1.78 bits per heavy atom. The monoisotopic (exact) mass is 339 g/mol. The van der Waals surface area contributed by atoms with Crippen molar-refractivity contribution in [2.75, 3.05) is 13.1 Å². The third-order valence-electron chi connectivity index (χ3n) is 4.19. The van der Waals surface area contributed by atoms with Crippen LogP contribution >= 0.6 is 0 Å². The molecule has 1 aliphatic rings. The highest BCUT2D eigenvalue weighted by atomic mass is 32.2. The Morgan fingerprint density at radius 1 is 1.22 bits per heavy atom. The highest BCUT2D eigenvalue weighted by molar-refractivity contribution is 7.92. The lowest BCUT2D eigenvalue weighted by Gasteiger charge is -2.36. The predicted octanol–water partition coefficient (Wildman–Crippen LogP) is 2.10. The maximum Gasteiger partial charge on any atom is 0.241 e. The van der Waals surface area contributed by atoms with Gasteiger partial charge in [-0.15, -0.1) is 0 Å². The van der Waals surface area contributed by atoms with E-state index in [1.165, 1.54) is 6.92 Å². The van der Waals surface area contributed by atoms with Crippen LogP contribution in [0.3, 0.4) is 0 Å². The molecule has 5 nitrogen and oxygen atoms in total. The molecule has 1 aromatic carbocycles. The van der Waals surface area contributed by atoms with Crippen molar-refractivity contribution >= 4 is 15.7 Å². The summed E-state index contributed by atoms with van der Waals surface area (Å²) >= 11 is 0. The fourth-order valence-corrected chi connectivity index (χ4v) is 4.61. The van der Waals surface area contributed by atoms with Crippen LogP contribution in [0.4, 0.5) is 0 Å². The quantitative estimate of drug-likeness (QED) is 0.846. The molecule has 0 radical (unpaired) electrons. The van der Waals surface area contributed by atoms with Crippen LogP contribution in [0.5, 0.6) is 0 Å². The van der Waals surface area contributed by atoms with Crippen LogP contribution in [-0.2, 0) is 19.4 Å². The van der Waals surface area contributed by atoms with Crippen molar-refractivity contribution in [2.24, 2.45) is 0 Å². The first-order chi connectivity index (χ1) is 10.6. The van der Waals surface area contributed by atoms with E-state index in [0.29, 0.717) is 18.7 Å². The highest BCUT2D eigenvalue weighted by Crippen LogP contribution is 2.23. The second-order valence-corrected chi connectivity index (χ2v) is 8.69. The van der Waals surface area contributed by atoms with E-state index >= 15 is 0 Å². The molecule has 23 heavy (non-hydrogen) atoms. The lowest BCUT2D eigenvalue weighted by Crippen LogP contribution is -2.52. The molecule has 1 fully saturated rings. The van der Waals surface area contributed by atoms with Crippen LogP contribution < -0.4 is 0 Å². The lowest BCUT2D eigenvalue weighted by atomic mass is 10.2. The number of aryl methyl sites for hydroxylation is 2. The third-order valence-corrected chi connectivity index (χ3v) is 6.38. The summed E-state index contributed by atoms with van der Waals surface area (Å²) in [6.07, 6.45) is -0.170. The minimum Gasteiger partial charge on any atom is -0.372 e. The normalized spacial score (nSPS) is 23.6. The van der Waals surface area contributed by atoms with E-state index in [0.717, 1.165) is 5.56 Å². The molecule has 0 spiro atoms. The minimum atomic E-state index is -3.71. The van der Waals surface area contributed by atoms with E-state index < -0.39 is 15.1 Å². The van der Waals surface area contributed by atoms with Gasteiger partial charge in [-0.3, -0.25) is 4.79 Å². The van der Waals surface area contributed by atoms with Crippen LogP contribution in [0, 0.1) is 13.8 Å². The van der Waals surface area contributed by atoms with Crippen molar-refractivity contribution in [3.8, 4) is 0 Å². The molecule has 1 saturated heterocycles. The van der Waals surface area contributed by atoms with Crippen molar-refractivity contribution in [3.05, 3.63) is 29.3 Å². The Balaban J connectivity index is 2.29. The van der Waals surface area contributed by atoms with Gasteiger partial charge in [-0.25, -0.2) is 8.42 Å². The second kappa shape index (κ2) is 6.61. The molecule has 0 N–H and O–H groups in total. The molecule has 1 aromatic rings. The summed E-state index contributed by atoms with van der Waals surface area (Å²) in [5.74, 6) is -0.354. The number of rotatable bonds is 3. The van der Waals surface area contributed by atoms with Crippen molar-refractivity contribution < 1.29 is 17.9 Å². The van der Waals surface area contributed by atoms with Crippen LogP contribution in [0.15, 0.2) is 23.1 Å². The Bertz CT molecular complexity index is 689. The fraction of sp³-hybridized carbons (Fsp3) is 0.588. The van der Waals surface area contributed by atoms with Crippen molar-refractivity contribution in [1.29, 1.82) is 0 Å². The van der Waals surface area contributed by atoms with E-state index in [1.54, 1.807) is 24.0 Å². The summed E-state index contributed by atoms with van der Waals surface area (Å²) in [6, 6.07) is 5.28. The van der Waals surface area contributed by atoms with Crippen LogP contribution in [0.2, 0.25) is 0 Å². The first-order valence-electron chi connectivity index (χ1n) is 7.88. The van der Waals surface area contributed by atoms with Gasteiger partial charge in [0.2, 0.25) is 5.91 Å². The van der Waals surface area contributed by atoms with E-state index in [1.807, 2.05) is 26.8 Å². The first-order valence-corrected chi connectivity index (χ1v) is 9.43. The maximum atomic E-state index is 12.9. The van der Waals surface area contributed by atoms with Gasteiger partial charge in [0, 0.05) is 13.1 Å². The molecule has 0 saturated carbocycles. The van der Waals surface area contributed by atoms with E-state index in [9.17, 15) is 13.2 Å². The Morgan fingerprint density at radius 3 is 2.35 bits per heavy atom. The molecule has 0 bridgehead atoms. The Labute approximate surface area is 138 Å². The van der Waals surface area contributed by atoms with E-state index in [-0.39, 0.29) is 23.0 Å². The molecule has 3 unspecified atom stereocenters. The zero-order valence-electron chi connectivity index (χ0n) is 14.4. The van der Waals surface area contributed by atoms with Crippen molar-refractivity contribution in [2.45, 2.75) is 57.0 Å². The van der Waals surface area contributed by atoms with Gasteiger partial charge in [-0.2, -0.15) is 0 Å². The topological polar surface area (TPSA) is 63.7 Å². The van der Waals surface area contributed by atoms with E-state index in [4.69, 9.17) is 4.74 Å². The predicted molar refractivity (Wildman–Crippen MR) is 89.2 cm³/mol. The van der Waals surface area contributed by atoms with Gasteiger partial charge >= 0.3 is 0 Å². The number of carbonyl (C=O) groups excluding carboxylic acids is 1. The SMILES string of the molecule is Cc1ccc(C)c(S(=O)(=O)C(C)C(=O)N2CC(C)OC(C)C2)c1. The number of carbonyl (C=O) groups is 1. The van der Waals surface area contributed by atoms with Gasteiger partial charge in [0.05, 0.1) is 17.1 Å². The number of ether oxygens (including phenoxy) is 1. The highest BCUT2D eigenvalue weighted by Gasteiger charge is 2.36. The van der Waals surface area contributed by atoms with Gasteiger partial charge < -0.3 is 9.64 Å². The van der Waals surface area contributed by atoms with Crippen LogP contribution in [0.1, 0.15) is 31.9 Å². The summed E-state index contributed by atoms with van der Waals surface area (Å²) in [7, 11) is -3.71. The molecule has 1 heterocycles. The Kier molecular flexibility index (Phi) is 5.16. The zero-order chi connectivity index (χ0) is 17.4. The average molecular weight is 339 g/mol. The van der Waals surface area contributed by atoms with Gasteiger partial charge in [-0.1, -0.05) is 12.1 Å². The molecule has 1 amide bonds. The number of amides is 1. The van der Waals surface area contributed by atoms with Crippen molar-refractivity contribution in [3.63, 3.8) is 0 Å². The first kappa shape index (κ1) is 17.9. The van der Waals surface area contributed by atoms with Crippen LogP contribution in [-0.4, -0.2) is 49.8 Å². The average Bonchev–Trinajstić information content (AvgIpc) is 2.47. The number of hydrogen-bond donors (Lipinski definition) is 0. The summed E-state index contributed by atoms with van der Waals surface area (Å²) in [4.78, 5) is 14.5. The largest absolute Gasteiger partial charge is 0.372 e. The van der Waals surface area contributed by atoms with Gasteiger partial charge in [0.1, 0.15) is 5.25 Å². The molecule has 0 aliphatic carbocycles. The summed E-state index contributed by atoms with van der Waals surface area (Å²) in [5.41, 5.74) is 1.53. The minimum absolute atomic E-state index is 0.0849. The molecule has 128 valence electrons. The number of sulfone groups is 1. The van der Waals surface area contributed by atoms with Crippen molar-refractivity contribution in [1.82, 2.24) is 4.90 Å². The number of nitrogens with zero attached hydrogens (tertiary/aromatic N) is 1.